The first-order chi connectivity index (χ1) is 12.2. The monoisotopic (exact) mass is 345 g/mol. The van der Waals surface area contributed by atoms with Gasteiger partial charge in [-0.25, -0.2) is 9.07 Å². The first-order valence-electron chi connectivity index (χ1n) is 9.01. The van der Waals surface area contributed by atoms with E-state index >= 15 is 0 Å². The summed E-state index contributed by atoms with van der Waals surface area (Å²) >= 11 is 0. The van der Waals surface area contributed by atoms with Gasteiger partial charge in [-0.15, -0.1) is 0 Å². The van der Waals surface area contributed by atoms with E-state index in [2.05, 4.69) is 10.00 Å². The number of hydrogen-bond acceptors (Lipinski definition) is 4. The molecule has 3 atom stereocenters. The lowest BCUT2D eigenvalue weighted by atomic mass is 9.89. The van der Waals surface area contributed by atoms with Crippen molar-refractivity contribution in [3.05, 3.63) is 48.0 Å². The number of nitrogens with zero attached hydrogens (tertiary/aromatic N) is 3. The third-order valence-electron chi connectivity index (χ3n) is 5.38. The molecule has 134 valence electrons. The van der Waals surface area contributed by atoms with Gasteiger partial charge in [-0.05, 0) is 44.0 Å². The first-order valence-corrected chi connectivity index (χ1v) is 9.01. The van der Waals surface area contributed by atoms with Crippen molar-refractivity contribution in [2.24, 2.45) is 5.92 Å². The summed E-state index contributed by atoms with van der Waals surface area (Å²) in [4.78, 5) is 2.39. The molecule has 1 aromatic carbocycles. The average Bonchev–Trinajstić information content (AvgIpc) is 3.26. The Morgan fingerprint density at radius 2 is 2.12 bits per heavy atom. The fourth-order valence-electron chi connectivity index (χ4n) is 4.08. The summed E-state index contributed by atoms with van der Waals surface area (Å²) in [6.07, 6.45) is 4.45. The quantitative estimate of drug-likeness (QED) is 0.924. The normalized spacial score (nSPS) is 27.7. The van der Waals surface area contributed by atoms with Gasteiger partial charge in [0, 0.05) is 31.3 Å². The van der Waals surface area contributed by atoms with Gasteiger partial charge < -0.3 is 9.84 Å². The Hall–Kier alpha value is -1.76. The van der Waals surface area contributed by atoms with E-state index in [1.165, 1.54) is 6.07 Å². The van der Waals surface area contributed by atoms with Gasteiger partial charge >= 0.3 is 0 Å². The number of rotatable bonds is 4. The highest BCUT2D eigenvalue weighted by molar-refractivity contribution is 5.32. The van der Waals surface area contributed by atoms with E-state index < -0.39 is 0 Å². The molecule has 2 aliphatic heterocycles. The zero-order valence-corrected chi connectivity index (χ0v) is 14.2. The Balaban J connectivity index is 1.47. The van der Waals surface area contributed by atoms with Gasteiger partial charge in [0.2, 0.25) is 0 Å². The van der Waals surface area contributed by atoms with Crippen LogP contribution in [0, 0.1) is 11.7 Å². The minimum atomic E-state index is -0.282. The Morgan fingerprint density at radius 1 is 1.24 bits per heavy atom. The molecular weight excluding hydrogens is 321 g/mol. The van der Waals surface area contributed by atoms with E-state index in [1.807, 2.05) is 6.07 Å². The van der Waals surface area contributed by atoms with Gasteiger partial charge in [0.25, 0.3) is 0 Å². The second-order valence-electron chi connectivity index (χ2n) is 6.98. The van der Waals surface area contributed by atoms with E-state index in [0.717, 1.165) is 38.0 Å². The minimum Gasteiger partial charge on any atom is -0.393 e. The Kier molecular flexibility index (Phi) is 4.83. The van der Waals surface area contributed by atoms with Crippen LogP contribution in [0.25, 0.3) is 5.69 Å². The minimum absolute atomic E-state index is 0.171. The number of hydrogen-bond donors (Lipinski definition) is 1. The maximum atomic E-state index is 13.9. The topological polar surface area (TPSA) is 50.5 Å². The van der Waals surface area contributed by atoms with Gasteiger partial charge in [0.1, 0.15) is 11.5 Å². The van der Waals surface area contributed by atoms with E-state index in [-0.39, 0.29) is 17.8 Å². The molecule has 5 nitrogen and oxygen atoms in total. The molecule has 2 saturated heterocycles. The van der Waals surface area contributed by atoms with Crippen LogP contribution >= 0.6 is 0 Å². The number of aliphatic hydroxyl groups excluding tert-OH is 1. The van der Waals surface area contributed by atoms with E-state index in [1.54, 1.807) is 29.1 Å². The second-order valence-corrected chi connectivity index (χ2v) is 6.98. The van der Waals surface area contributed by atoms with Gasteiger partial charge in [0.15, 0.2) is 0 Å². The zero-order chi connectivity index (χ0) is 17.2. The zero-order valence-electron chi connectivity index (χ0n) is 14.2. The maximum absolute atomic E-state index is 13.9. The van der Waals surface area contributed by atoms with Gasteiger partial charge in [0.05, 0.1) is 18.4 Å². The van der Waals surface area contributed by atoms with Crippen molar-refractivity contribution in [3.8, 4) is 5.69 Å². The Morgan fingerprint density at radius 3 is 2.96 bits per heavy atom. The standard InChI is InChI=1S/C19H24FN3O2/c20-16-4-1-2-5-18(16)23-10-7-14(21-23)12-22-9-3-6-17(22)15-13-25-11-8-19(15)24/h1-2,4-5,7,10,15,17,19,24H,3,6,8-9,11-13H2/t15-,17+,19+/m0/s1. The summed E-state index contributed by atoms with van der Waals surface area (Å²) in [7, 11) is 0. The third-order valence-corrected chi connectivity index (χ3v) is 5.38. The molecule has 1 N–H and O–H groups in total. The molecule has 0 bridgehead atoms. The van der Waals surface area contributed by atoms with Gasteiger partial charge in [-0.2, -0.15) is 5.10 Å². The largest absolute Gasteiger partial charge is 0.393 e. The smallest absolute Gasteiger partial charge is 0.148 e. The fraction of sp³-hybridized carbons (Fsp3) is 0.526. The van der Waals surface area contributed by atoms with Crippen molar-refractivity contribution in [1.29, 1.82) is 0 Å². The van der Waals surface area contributed by atoms with Crippen molar-refractivity contribution in [1.82, 2.24) is 14.7 Å². The van der Waals surface area contributed by atoms with Crippen LogP contribution in [0.3, 0.4) is 0 Å². The van der Waals surface area contributed by atoms with Gasteiger partial charge in [-0.3, -0.25) is 4.90 Å². The van der Waals surface area contributed by atoms with Crippen LogP contribution in [0.2, 0.25) is 0 Å². The van der Waals surface area contributed by atoms with Crippen molar-refractivity contribution >= 4 is 0 Å². The number of ether oxygens (including phenoxy) is 1. The number of halogens is 1. The molecule has 2 aliphatic rings. The lowest BCUT2D eigenvalue weighted by Crippen LogP contribution is -2.45. The van der Waals surface area contributed by atoms with Crippen LogP contribution in [0.1, 0.15) is 25.0 Å². The molecule has 0 unspecified atom stereocenters. The van der Waals surface area contributed by atoms with Crippen molar-refractivity contribution in [3.63, 3.8) is 0 Å². The molecular formula is C19H24FN3O2. The van der Waals surface area contributed by atoms with Crippen LogP contribution in [0.15, 0.2) is 36.5 Å². The predicted octanol–water partition coefficient (Wildman–Crippen LogP) is 2.37. The molecule has 2 aromatic rings. The number of aromatic nitrogens is 2. The number of likely N-dealkylation sites (tertiary alicyclic amines) is 1. The van der Waals surface area contributed by atoms with Crippen LogP contribution < -0.4 is 0 Å². The summed E-state index contributed by atoms with van der Waals surface area (Å²) in [5.41, 5.74) is 1.38. The average molecular weight is 345 g/mol. The molecule has 0 spiro atoms. The number of benzene rings is 1. The molecule has 1 aromatic heterocycles. The Labute approximate surface area is 147 Å². The lowest BCUT2D eigenvalue weighted by Gasteiger charge is -2.36. The summed E-state index contributed by atoms with van der Waals surface area (Å²) in [5, 5.41) is 14.9. The van der Waals surface area contributed by atoms with Crippen LogP contribution in [-0.2, 0) is 11.3 Å². The molecule has 4 rings (SSSR count). The molecule has 2 fully saturated rings. The molecule has 6 heteroatoms. The highest BCUT2D eigenvalue weighted by Gasteiger charge is 2.37. The van der Waals surface area contributed by atoms with Crippen LogP contribution in [0.5, 0.6) is 0 Å². The molecule has 0 saturated carbocycles. The molecule has 25 heavy (non-hydrogen) atoms. The number of para-hydroxylation sites is 1. The van der Waals surface area contributed by atoms with Crippen LogP contribution in [0.4, 0.5) is 4.39 Å². The molecule has 0 aliphatic carbocycles. The van der Waals surface area contributed by atoms with Crippen LogP contribution in [-0.4, -0.2) is 51.7 Å². The second kappa shape index (κ2) is 7.23. The summed E-state index contributed by atoms with van der Waals surface area (Å²) in [6, 6.07) is 8.92. The molecule has 3 heterocycles. The Bertz CT molecular complexity index is 720. The van der Waals surface area contributed by atoms with E-state index in [4.69, 9.17) is 4.74 Å². The number of aliphatic hydroxyl groups is 1. The summed E-state index contributed by atoms with van der Waals surface area (Å²) < 4.78 is 21.1. The first kappa shape index (κ1) is 16.7. The van der Waals surface area contributed by atoms with Crippen molar-refractivity contribution < 1.29 is 14.2 Å². The molecule has 0 radical (unpaired) electrons. The third kappa shape index (κ3) is 3.47. The van der Waals surface area contributed by atoms with Crippen molar-refractivity contribution in [2.45, 2.75) is 38.0 Å². The lowest BCUT2D eigenvalue weighted by molar-refractivity contribution is -0.0637. The predicted molar refractivity (Wildman–Crippen MR) is 91.9 cm³/mol. The van der Waals surface area contributed by atoms with E-state index in [9.17, 15) is 9.50 Å². The highest BCUT2D eigenvalue weighted by atomic mass is 19.1. The van der Waals surface area contributed by atoms with Gasteiger partial charge in [-0.1, -0.05) is 12.1 Å². The van der Waals surface area contributed by atoms with E-state index in [0.29, 0.717) is 24.9 Å². The highest BCUT2D eigenvalue weighted by Crippen LogP contribution is 2.30. The fourth-order valence-corrected chi connectivity index (χ4v) is 4.08. The molecule has 0 amide bonds. The summed E-state index contributed by atoms with van der Waals surface area (Å²) in [5.74, 6) is -0.108. The summed E-state index contributed by atoms with van der Waals surface area (Å²) in [6.45, 7) is 3.00. The van der Waals surface area contributed by atoms with Crippen molar-refractivity contribution in [2.75, 3.05) is 19.8 Å². The maximum Gasteiger partial charge on any atom is 0.148 e. The SMILES string of the molecule is O[C@@H]1CCOC[C@H]1[C@H]1CCCN1Cc1ccn(-c2ccccc2F)n1.